The third-order valence-corrected chi connectivity index (χ3v) is 4.77. The Morgan fingerprint density at radius 3 is 1.75 bits per heavy atom. The zero-order valence-electron chi connectivity index (χ0n) is 11.2. The van der Waals surface area contributed by atoms with Crippen molar-refractivity contribution in [2.24, 2.45) is 11.3 Å². The molecule has 2 rings (SSSR count). The molecule has 16 heavy (non-hydrogen) atoms. The van der Waals surface area contributed by atoms with Gasteiger partial charge in [-0.2, -0.15) is 0 Å². The van der Waals surface area contributed by atoms with Crippen molar-refractivity contribution >= 4 is 15.7 Å². The van der Waals surface area contributed by atoms with Gasteiger partial charge in [0.2, 0.25) is 0 Å². The fourth-order valence-electron chi connectivity index (χ4n) is 3.72. The Labute approximate surface area is 104 Å². The molecule has 4 radical (unpaired) electrons. The fourth-order valence-corrected chi connectivity index (χ4v) is 3.72. The van der Waals surface area contributed by atoms with Gasteiger partial charge in [0, 0.05) is 0 Å². The second-order valence-electron chi connectivity index (χ2n) is 7.31. The molecule has 2 fully saturated rings. The minimum absolute atomic E-state index is 0.0410. The molecule has 0 aromatic carbocycles. The van der Waals surface area contributed by atoms with Crippen molar-refractivity contribution in [1.29, 1.82) is 0 Å². The van der Waals surface area contributed by atoms with Crippen LogP contribution in [-0.4, -0.2) is 15.7 Å². The predicted octanol–water partition coefficient (Wildman–Crippen LogP) is 4.06. The highest BCUT2D eigenvalue weighted by molar-refractivity contribution is 6.32. The summed E-state index contributed by atoms with van der Waals surface area (Å²) in [5, 5.41) is -0.0819. The van der Waals surface area contributed by atoms with Crippen LogP contribution in [0.1, 0.15) is 65.7 Å². The summed E-state index contributed by atoms with van der Waals surface area (Å²) in [6.45, 7) is 6.89. The van der Waals surface area contributed by atoms with E-state index in [4.69, 9.17) is 15.7 Å². The van der Waals surface area contributed by atoms with Gasteiger partial charge in [0.25, 0.3) is 0 Å². The van der Waals surface area contributed by atoms with Crippen LogP contribution in [0.5, 0.6) is 0 Å². The Morgan fingerprint density at radius 1 is 0.938 bits per heavy atom. The molecule has 0 amide bonds. The van der Waals surface area contributed by atoms with Gasteiger partial charge in [0.1, 0.15) is 0 Å². The van der Waals surface area contributed by atoms with E-state index in [1.54, 1.807) is 0 Å². The molecule has 0 saturated heterocycles. The Hall–Kier alpha value is 0.130. The molecule has 0 aromatic heterocycles. The van der Waals surface area contributed by atoms with E-state index in [1.165, 1.54) is 32.1 Å². The minimum atomic E-state index is -0.0410. The van der Waals surface area contributed by atoms with Crippen LogP contribution in [0.3, 0.4) is 0 Å². The quantitative estimate of drug-likeness (QED) is 0.577. The van der Waals surface area contributed by atoms with E-state index in [0.29, 0.717) is 11.3 Å². The highest BCUT2D eigenvalue weighted by atomic mass is 14.7. The first-order chi connectivity index (χ1) is 7.30. The first kappa shape index (κ1) is 12.6. The molecular weight excluding hydrogens is 190 g/mol. The number of fused-ring (bicyclic) bond motifs is 1. The van der Waals surface area contributed by atoms with Crippen LogP contribution in [0, 0.1) is 11.3 Å². The van der Waals surface area contributed by atoms with Crippen molar-refractivity contribution in [2.45, 2.75) is 76.3 Å². The standard InChI is InChI=1S/C14H24B2/c1-12(2,3)10-11-13(15)8-6-4-5-7-9-14(11,13)16/h11H,4-10H2,1-3H3. The third-order valence-electron chi connectivity index (χ3n) is 4.77. The molecule has 2 heteroatoms. The summed E-state index contributed by atoms with van der Waals surface area (Å²) in [4.78, 5) is 0. The molecule has 0 nitrogen and oxygen atoms in total. The van der Waals surface area contributed by atoms with Crippen molar-refractivity contribution in [1.82, 2.24) is 0 Å². The molecule has 2 unspecified atom stereocenters. The van der Waals surface area contributed by atoms with Crippen LogP contribution in [0.25, 0.3) is 0 Å². The van der Waals surface area contributed by atoms with Crippen LogP contribution in [0.4, 0.5) is 0 Å². The lowest BCUT2D eigenvalue weighted by molar-refractivity contribution is 0.338. The maximum Gasteiger partial charge on any atom is 0.0747 e. The van der Waals surface area contributed by atoms with Gasteiger partial charge in [-0.25, -0.2) is 0 Å². The van der Waals surface area contributed by atoms with Gasteiger partial charge in [0.05, 0.1) is 15.7 Å². The van der Waals surface area contributed by atoms with Crippen LogP contribution >= 0.6 is 0 Å². The fraction of sp³-hybridized carbons (Fsp3) is 1.00. The molecule has 2 atom stereocenters. The topological polar surface area (TPSA) is 0 Å². The summed E-state index contributed by atoms with van der Waals surface area (Å²) in [5.74, 6) is 0.554. The molecule has 0 aromatic rings. The summed E-state index contributed by atoms with van der Waals surface area (Å²) >= 11 is 0. The van der Waals surface area contributed by atoms with Crippen LogP contribution < -0.4 is 0 Å². The number of hydrogen-bond donors (Lipinski definition) is 0. The first-order valence-electron chi connectivity index (χ1n) is 6.87. The van der Waals surface area contributed by atoms with Gasteiger partial charge in [-0.1, -0.05) is 69.9 Å². The predicted molar refractivity (Wildman–Crippen MR) is 72.2 cm³/mol. The summed E-state index contributed by atoms with van der Waals surface area (Å²) in [6.07, 6.45) is 8.70. The molecule has 0 bridgehead atoms. The highest BCUT2D eigenvalue weighted by Gasteiger charge is 2.67. The molecule has 2 aliphatic carbocycles. The zero-order valence-corrected chi connectivity index (χ0v) is 11.2. The van der Waals surface area contributed by atoms with Gasteiger partial charge >= 0.3 is 0 Å². The van der Waals surface area contributed by atoms with Gasteiger partial charge in [-0.05, 0) is 17.8 Å². The van der Waals surface area contributed by atoms with Crippen molar-refractivity contribution in [2.75, 3.05) is 0 Å². The molecule has 2 saturated carbocycles. The summed E-state index contributed by atoms with van der Waals surface area (Å²) < 4.78 is 0. The molecule has 0 spiro atoms. The van der Waals surface area contributed by atoms with E-state index in [-0.39, 0.29) is 10.6 Å². The van der Waals surface area contributed by atoms with Crippen molar-refractivity contribution in [3.05, 3.63) is 0 Å². The lowest BCUT2D eigenvalue weighted by atomic mass is 9.62. The normalized spacial score (nSPS) is 44.3. The number of hydrogen-bond acceptors (Lipinski definition) is 0. The Balaban J connectivity index is 2.10. The zero-order chi connectivity index (χ0) is 12.0. The van der Waals surface area contributed by atoms with Gasteiger partial charge < -0.3 is 0 Å². The Bertz CT molecular complexity index is 248. The van der Waals surface area contributed by atoms with Gasteiger partial charge in [-0.15, -0.1) is 0 Å². The van der Waals surface area contributed by atoms with Gasteiger partial charge in [0.15, 0.2) is 0 Å². The van der Waals surface area contributed by atoms with Crippen LogP contribution in [-0.2, 0) is 0 Å². The molecule has 86 valence electrons. The second kappa shape index (κ2) is 3.82. The lowest BCUT2D eigenvalue weighted by Crippen LogP contribution is -2.08. The van der Waals surface area contributed by atoms with E-state index in [2.05, 4.69) is 20.8 Å². The van der Waals surface area contributed by atoms with Crippen molar-refractivity contribution < 1.29 is 0 Å². The highest BCUT2D eigenvalue weighted by Crippen LogP contribution is 2.84. The third kappa shape index (κ3) is 1.97. The van der Waals surface area contributed by atoms with E-state index in [0.717, 1.165) is 12.8 Å². The smallest absolute Gasteiger partial charge is 0.0654 e. The van der Waals surface area contributed by atoms with Crippen LogP contribution in [0.2, 0.25) is 10.6 Å². The van der Waals surface area contributed by atoms with Crippen molar-refractivity contribution in [3.8, 4) is 0 Å². The second-order valence-corrected chi connectivity index (χ2v) is 7.31. The molecule has 0 N–H and O–H groups in total. The molecule has 0 heterocycles. The maximum absolute atomic E-state index is 6.58. The molecule has 2 aliphatic rings. The summed E-state index contributed by atoms with van der Waals surface area (Å²) in [6, 6.07) is 0. The Morgan fingerprint density at radius 2 is 1.38 bits per heavy atom. The average molecular weight is 214 g/mol. The van der Waals surface area contributed by atoms with E-state index < -0.39 is 0 Å². The number of rotatable bonds is 1. The molecule has 0 aliphatic heterocycles. The Kier molecular flexibility index (Phi) is 3.00. The van der Waals surface area contributed by atoms with E-state index >= 15 is 0 Å². The first-order valence-corrected chi connectivity index (χ1v) is 6.87. The van der Waals surface area contributed by atoms with E-state index in [1.807, 2.05) is 0 Å². The monoisotopic (exact) mass is 214 g/mol. The average Bonchev–Trinajstić information content (AvgIpc) is 2.52. The lowest BCUT2D eigenvalue weighted by Gasteiger charge is -2.22. The summed E-state index contributed by atoms with van der Waals surface area (Å²) in [7, 11) is 13.2. The van der Waals surface area contributed by atoms with Crippen molar-refractivity contribution in [3.63, 3.8) is 0 Å². The molecular formula is C14H24B2. The maximum atomic E-state index is 6.58. The largest absolute Gasteiger partial charge is 0.0747 e. The summed E-state index contributed by atoms with van der Waals surface area (Å²) in [5.41, 5.74) is 0.352. The van der Waals surface area contributed by atoms with Crippen LogP contribution in [0.15, 0.2) is 0 Å². The minimum Gasteiger partial charge on any atom is -0.0654 e. The SMILES string of the molecule is [B]C12CCCCCCC1([B])C2CC(C)(C)C. The van der Waals surface area contributed by atoms with Gasteiger partial charge in [-0.3, -0.25) is 0 Å². The van der Waals surface area contributed by atoms with E-state index in [9.17, 15) is 0 Å².